The van der Waals surface area contributed by atoms with Gasteiger partial charge in [0.05, 0.1) is 13.2 Å². The van der Waals surface area contributed by atoms with Crippen molar-refractivity contribution in [2.75, 3.05) is 13.2 Å². The third-order valence-corrected chi connectivity index (χ3v) is 3.61. The predicted octanol–water partition coefficient (Wildman–Crippen LogP) is 5.08. The van der Waals surface area contributed by atoms with Crippen LogP contribution in [0.4, 0.5) is 0 Å². The zero-order valence-corrected chi connectivity index (χ0v) is 13.2. The van der Waals surface area contributed by atoms with Crippen LogP contribution in [0.2, 0.25) is 0 Å². The first kappa shape index (κ1) is 18.3. The van der Waals surface area contributed by atoms with Gasteiger partial charge in [0, 0.05) is 0 Å². The molecule has 0 aromatic heterocycles. The van der Waals surface area contributed by atoms with Crippen molar-refractivity contribution < 1.29 is 14.5 Å². The smallest absolute Gasteiger partial charge is 0.163 e. The van der Waals surface area contributed by atoms with Gasteiger partial charge in [0.2, 0.25) is 0 Å². The summed E-state index contributed by atoms with van der Waals surface area (Å²) in [6, 6.07) is 0. The van der Waals surface area contributed by atoms with Crippen LogP contribution < -0.4 is 0 Å². The van der Waals surface area contributed by atoms with E-state index >= 15 is 0 Å². The van der Waals surface area contributed by atoms with Crippen molar-refractivity contribution in [2.24, 2.45) is 11.8 Å². The van der Waals surface area contributed by atoms with Gasteiger partial charge < -0.3 is 9.62 Å². The fraction of sp³-hybridized carbons (Fsp3) is 0.875. The van der Waals surface area contributed by atoms with E-state index in [2.05, 4.69) is 27.7 Å². The third kappa shape index (κ3) is 10.9. The molecule has 0 rings (SSSR count). The van der Waals surface area contributed by atoms with Crippen LogP contribution in [0.25, 0.3) is 0 Å². The molecule has 1 atom stereocenters. The maximum Gasteiger partial charge on any atom is 0.163 e. The van der Waals surface area contributed by atoms with Crippen LogP contribution in [-0.4, -0.2) is 13.2 Å². The lowest BCUT2D eigenvalue weighted by molar-refractivity contribution is -0.258. The van der Waals surface area contributed by atoms with Crippen molar-refractivity contribution in [3.63, 3.8) is 0 Å². The van der Waals surface area contributed by atoms with Crippen molar-refractivity contribution in [1.82, 2.24) is 0 Å². The zero-order chi connectivity index (χ0) is 14.3. The lowest BCUT2D eigenvalue weighted by atomic mass is 10.0. The van der Waals surface area contributed by atoms with Crippen molar-refractivity contribution in [3.05, 3.63) is 12.5 Å². The molecule has 19 heavy (non-hydrogen) atoms. The highest BCUT2D eigenvalue weighted by molar-refractivity contribution is 4.62. The molecule has 0 fully saturated rings. The van der Waals surface area contributed by atoms with Gasteiger partial charge >= 0.3 is 0 Å². The molecule has 0 aliphatic carbocycles. The molecular weight excluding hydrogens is 240 g/mol. The first-order valence-corrected chi connectivity index (χ1v) is 7.83. The lowest BCUT2D eigenvalue weighted by Crippen LogP contribution is -2.08. The van der Waals surface area contributed by atoms with E-state index in [4.69, 9.17) is 14.5 Å². The largest absolute Gasteiger partial charge is 0.498 e. The van der Waals surface area contributed by atoms with E-state index in [1.807, 2.05) is 0 Å². The molecule has 0 aliphatic rings. The van der Waals surface area contributed by atoms with Crippen LogP contribution in [0.15, 0.2) is 12.5 Å². The molecule has 3 nitrogen and oxygen atoms in total. The summed E-state index contributed by atoms with van der Waals surface area (Å²) < 4.78 is 5.39. The Labute approximate surface area is 119 Å². The van der Waals surface area contributed by atoms with E-state index in [-0.39, 0.29) is 0 Å². The van der Waals surface area contributed by atoms with E-state index in [1.165, 1.54) is 25.5 Å². The van der Waals surface area contributed by atoms with Crippen LogP contribution >= 0.6 is 0 Å². The molecule has 114 valence electrons. The second kappa shape index (κ2) is 13.7. The molecule has 3 heteroatoms. The highest BCUT2D eigenvalue weighted by Crippen LogP contribution is 2.13. The molecule has 0 saturated carbocycles. The van der Waals surface area contributed by atoms with Gasteiger partial charge in [-0.2, -0.15) is 4.89 Å². The number of unbranched alkanes of at least 4 members (excludes halogenated alkanes) is 1. The van der Waals surface area contributed by atoms with E-state index in [0.717, 1.165) is 25.9 Å². The molecule has 0 aromatic carbocycles. The fourth-order valence-electron chi connectivity index (χ4n) is 1.85. The average Bonchev–Trinajstić information content (AvgIpc) is 2.45. The summed E-state index contributed by atoms with van der Waals surface area (Å²) >= 11 is 0. The summed E-state index contributed by atoms with van der Waals surface area (Å²) in [6.45, 7) is 10.2. The average molecular weight is 272 g/mol. The van der Waals surface area contributed by atoms with Gasteiger partial charge in [0.25, 0.3) is 0 Å². The van der Waals surface area contributed by atoms with E-state index in [1.54, 1.807) is 6.26 Å². The molecule has 0 aromatic rings. The molecule has 0 bridgehead atoms. The molecule has 0 saturated heterocycles. The zero-order valence-electron chi connectivity index (χ0n) is 13.2. The fourth-order valence-corrected chi connectivity index (χ4v) is 1.85. The van der Waals surface area contributed by atoms with Crippen molar-refractivity contribution >= 4 is 0 Å². The monoisotopic (exact) mass is 272 g/mol. The standard InChI is InChI=1S/C16H32O3/c1-5-9-10-16(8-4)14-19-18-12-11-17-13-15(6-2)7-3/h11-12,15-16H,5-10,13-14H2,1-4H3. The van der Waals surface area contributed by atoms with Gasteiger partial charge in [-0.1, -0.05) is 59.8 Å². The van der Waals surface area contributed by atoms with E-state index in [9.17, 15) is 0 Å². The minimum atomic E-state index is 0.596. The summed E-state index contributed by atoms with van der Waals surface area (Å²) in [4.78, 5) is 10.2. The molecule has 0 amide bonds. The number of rotatable bonds is 13. The van der Waals surface area contributed by atoms with Crippen molar-refractivity contribution in [2.45, 2.75) is 66.2 Å². The van der Waals surface area contributed by atoms with Gasteiger partial charge in [-0.3, -0.25) is 0 Å². The highest BCUT2D eigenvalue weighted by Gasteiger charge is 2.06. The van der Waals surface area contributed by atoms with Gasteiger partial charge in [-0.25, -0.2) is 0 Å². The minimum absolute atomic E-state index is 0.596. The Morgan fingerprint density at radius 1 is 0.842 bits per heavy atom. The van der Waals surface area contributed by atoms with Crippen molar-refractivity contribution in [3.8, 4) is 0 Å². The third-order valence-electron chi connectivity index (χ3n) is 3.61. The predicted molar refractivity (Wildman–Crippen MR) is 79.5 cm³/mol. The SMILES string of the molecule is CCCCC(CC)COOC=COCC(CC)CC. The summed E-state index contributed by atoms with van der Waals surface area (Å²) in [6.07, 6.45) is 10.2. The van der Waals surface area contributed by atoms with E-state index in [0.29, 0.717) is 18.4 Å². The molecular formula is C16H32O3. The van der Waals surface area contributed by atoms with Gasteiger partial charge in [-0.15, -0.1) is 0 Å². The molecule has 0 spiro atoms. The Bertz CT molecular complexity index is 200. The molecule has 1 unspecified atom stereocenters. The highest BCUT2D eigenvalue weighted by atomic mass is 17.2. The van der Waals surface area contributed by atoms with Gasteiger partial charge in [0.1, 0.15) is 6.26 Å². The quantitative estimate of drug-likeness (QED) is 0.203. The Morgan fingerprint density at radius 2 is 1.53 bits per heavy atom. The topological polar surface area (TPSA) is 27.7 Å². The molecule has 0 radical (unpaired) electrons. The normalized spacial score (nSPS) is 13.1. The summed E-state index contributed by atoms with van der Waals surface area (Å²) in [7, 11) is 0. The summed E-state index contributed by atoms with van der Waals surface area (Å²) in [5, 5.41) is 0. The van der Waals surface area contributed by atoms with Gasteiger partial charge in [-0.05, 0) is 18.3 Å². The number of ether oxygens (including phenoxy) is 1. The molecule has 0 N–H and O–H groups in total. The first-order chi connectivity index (χ1) is 9.28. The molecule has 0 aliphatic heterocycles. The summed E-state index contributed by atoms with van der Waals surface area (Å²) in [5.74, 6) is 1.22. The van der Waals surface area contributed by atoms with Crippen LogP contribution in [0.3, 0.4) is 0 Å². The minimum Gasteiger partial charge on any atom is -0.498 e. The Kier molecular flexibility index (Phi) is 13.2. The van der Waals surface area contributed by atoms with Gasteiger partial charge in [0.15, 0.2) is 6.26 Å². The maximum absolute atomic E-state index is 5.39. The van der Waals surface area contributed by atoms with Crippen LogP contribution in [0.5, 0.6) is 0 Å². The second-order valence-corrected chi connectivity index (χ2v) is 5.09. The van der Waals surface area contributed by atoms with Crippen LogP contribution in [0, 0.1) is 11.8 Å². The number of hydrogen-bond acceptors (Lipinski definition) is 3. The molecule has 0 heterocycles. The second-order valence-electron chi connectivity index (χ2n) is 5.09. The first-order valence-electron chi connectivity index (χ1n) is 7.83. The Balaban J connectivity index is 3.50. The van der Waals surface area contributed by atoms with Crippen LogP contribution in [-0.2, 0) is 14.5 Å². The Morgan fingerprint density at radius 3 is 2.11 bits per heavy atom. The number of hydrogen-bond donors (Lipinski definition) is 0. The lowest BCUT2D eigenvalue weighted by Gasteiger charge is -2.13. The van der Waals surface area contributed by atoms with Crippen LogP contribution in [0.1, 0.15) is 66.2 Å². The summed E-state index contributed by atoms with van der Waals surface area (Å²) in [5.41, 5.74) is 0. The Hall–Kier alpha value is -0.700. The van der Waals surface area contributed by atoms with Crippen molar-refractivity contribution in [1.29, 1.82) is 0 Å². The van der Waals surface area contributed by atoms with E-state index < -0.39 is 0 Å². The maximum atomic E-state index is 5.39.